The third-order valence-electron chi connectivity index (χ3n) is 2.19. The second kappa shape index (κ2) is 6.80. The van der Waals surface area contributed by atoms with Gasteiger partial charge in [-0.05, 0) is 40.0 Å². The standard InChI is InChI=1S/C11H23NO3/c1-9(2)15-8-6-5-7-11(3,12)10(13)14-4/h9H,5-8,12H2,1-4H3. The van der Waals surface area contributed by atoms with Crippen molar-refractivity contribution >= 4 is 5.97 Å². The largest absolute Gasteiger partial charge is 0.468 e. The van der Waals surface area contributed by atoms with E-state index in [0.717, 1.165) is 19.4 Å². The molecule has 0 saturated heterocycles. The highest BCUT2D eigenvalue weighted by Gasteiger charge is 2.28. The van der Waals surface area contributed by atoms with E-state index in [1.165, 1.54) is 7.11 Å². The third kappa shape index (κ3) is 6.47. The quantitative estimate of drug-likeness (QED) is 0.518. The van der Waals surface area contributed by atoms with Crippen molar-refractivity contribution in [2.24, 2.45) is 5.73 Å². The number of rotatable bonds is 7. The van der Waals surface area contributed by atoms with Crippen LogP contribution in [0.3, 0.4) is 0 Å². The fourth-order valence-electron chi connectivity index (χ4n) is 1.25. The van der Waals surface area contributed by atoms with E-state index in [2.05, 4.69) is 4.74 Å². The van der Waals surface area contributed by atoms with Crippen LogP contribution in [0.15, 0.2) is 0 Å². The van der Waals surface area contributed by atoms with Crippen LogP contribution in [0.1, 0.15) is 40.0 Å². The summed E-state index contributed by atoms with van der Waals surface area (Å²) in [7, 11) is 1.36. The molecule has 0 aliphatic rings. The summed E-state index contributed by atoms with van der Waals surface area (Å²) in [5.74, 6) is -0.354. The van der Waals surface area contributed by atoms with Gasteiger partial charge in [-0.3, -0.25) is 4.79 Å². The predicted molar refractivity (Wildman–Crippen MR) is 59.5 cm³/mol. The van der Waals surface area contributed by atoms with Crippen LogP contribution in [0.25, 0.3) is 0 Å². The van der Waals surface area contributed by atoms with Crippen LogP contribution in [0.4, 0.5) is 0 Å². The minimum absolute atomic E-state index is 0.259. The summed E-state index contributed by atoms with van der Waals surface area (Å²) in [5, 5.41) is 0. The van der Waals surface area contributed by atoms with Crippen LogP contribution in [0.5, 0.6) is 0 Å². The first-order chi connectivity index (χ1) is 6.90. The lowest BCUT2D eigenvalue weighted by molar-refractivity contribution is -0.146. The number of hydrogen-bond donors (Lipinski definition) is 1. The Balaban J connectivity index is 3.62. The van der Waals surface area contributed by atoms with Crippen LogP contribution in [-0.2, 0) is 14.3 Å². The fraction of sp³-hybridized carbons (Fsp3) is 0.909. The highest BCUT2D eigenvalue weighted by Crippen LogP contribution is 2.12. The minimum atomic E-state index is -0.868. The molecule has 1 atom stereocenters. The summed E-state index contributed by atoms with van der Waals surface area (Å²) >= 11 is 0. The topological polar surface area (TPSA) is 61.5 Å². The molecular weight excluding hydrogens is 194 g/mol. The van der Waals surface area contributed by atoms with E-state index in [1.54, 1.807) is 6.92 Å². The van der Waals surface area contributed by atoms with Crippen molar-refractivity contribution in [2.75, 3.05) is 13.7 Å². The maximum atomic E-state index is 11.2. The lowest BCUT2D eigenvalue weighted by Crippen LogP contribution is -2.45. The third-order valence-corrected chi connectivity index (χ3v) is 2.19. The van der Waals surface area contributed by atoms with Gasteiger partial charge in [-0.25, -0.2) is 0 Å². The summed E-state index contributed by atoms with van der Waals surface area (Å²) in [6.45, 7) is 6.42. The second-order valence-corrected chi connectivity index (χ2v) is 4.29. The van der Waals surface area contributed by atoms with Gasteiger partial charge >= 0.3 is 5.97 Å². The zero-order valence-corrected chi connectivity index (χ0v) is 10.2. The average molecular weight is 217 g/mol. The van der Waals surface area contributed by atoms with E-state index in [4.69, 9.17) is 10.5 Å². The zero-order valence-electron chi connectivity index (χ0n) is 10.2. The van der Waals surface area contributed by atoms with E-state index < -0.39 is 5.54 Å². The maximum Gasteiger partial charge on any atom is 0.325 e. The lowest BCUT2D eigenvalue weighted by Gasteiger charge is -2.21. The van der Waals surface area contributed by atoms with E-state index in [0.29, 0.717) is 6.42 Å². The number of carbonyl (C=O) groups is 1. The molecule has 90 valence electrons. The lowest BCUT2D eigenvalue weighted by atomic mass is 9.96. The normalized spacial score (nSPS) is 15.1. The second-order valence-electron chi connectivity index (χ2n) is 4.29. The molecule has 0 saturated carbocycles. The van der Waals surface area contributed by atoms with Crippen LogP contribution in [0, 0.1) is 0 Å². The van der Waals surface area contributed by atoms with Crippen LogP contribution >= 0.6 is 0 Å². The molecule has 2 N–H and O–H groups in total. The molecular formula is C11H23NO3. The number of nitrogens with two attached hydrogens (primary N) is 1. The highest BCUT2D eigenvalue weighted by atomic mass is 16.5. The summed E-state index contributed by atoms with van der Waals surface area (Å²) in [6.07, 6.45) is 2.67. The molecule has 0 radical (unpaired) electrons. The van der Waals surface area contributed by atoms with Gasteiger partial charge in [0.05, 0.1) is 13.2 Å². The van der Waals surface area contributed by atoms with Gasteiger partial charge in [-0.1, -0.05) is 0 Å². The van der Waals surface area contributed by atoms with Gasteiger partial charge in [0.15, 0.2) is 0 Å². The number of methoxy groups -OCH3 is 1. The Morgan fingerprint density at radius 2 is 2.00 bits per heavy atom. The van der Waals surface area contributed by atoms with Crippen LogP contribution in [0.2, 0.25) is 0 Å². The SMILES string of the molecule is COC(=O)C(C)(N)CCCCOC(C)C. The minimum Gasteiger partial charge on any atom is -0.468 e. The Hall–Kier alpha value is -0.610. The molecule has 1 unspecified atom stereocenters. The molecule has 4 heteroatoms. The van der Waals surface area contributed by atoms with Crippen molar-refractivity contribution in [1.29, 1.82) is 0 Å². The van der Waals surface area contributed by atoms with E-state index in [9.17, 15) is 4.79 Å². The first-order valence-electron chi connectivity index (χ1n) is 5.39. The number of carbonyl (C=O) groups excluding carboxylic acids is 1. The number of unbranched alkanes of at least 4 members (excludes halogenated alkanes) is 1. The smallest absolute Gasteiger partial charge is 0.325 e. The summed E-state index contributed by atoms with van der Waals surface area (Å²) in [6, 6.07) is 0. The fourth-order valence-corrected chi connectivity index (χ4v) is 1.25. The molecule has 15 heavy (non-hydrogen) atoms. The van der Waals surface area contributed by atoms with Gasteiger partial charge in [0.2, 0.25) is 0 Å². The van der Waals surface area contributed by atoms with E-state index >= 15 is 0 Å². The molecule has 0 aromatic heterocycles. The van der Waals surface area contributed by atoms with Gasteiger partial charge in [-0.2, -0.15) is 0 Å². The summed E-state index contributed by atoms with van der Waals surface area (Å²) in [5.41, 5.74) is 4.93. The molecule has 0 aliphatic carbocycles. The number of esters is 1. The molecule has 0 aromatic carbocycles. The molecule has 0 bridgehead atoms. The van der Waals surface area contributed by atoms with Crippen molar-refractivity contribution < 1.29 is 14.3 Å². The van der Waals surface area contributed by atoms with Crippen molar-refractivity contribution in [3.8, 4) is 0 Å². The first-order valence-corrected chi connectivity index (χ1v) is 5.39. The van der Waals surface area contributed by atoms with Crippen molar-refractivity contribution in [1.82, 2.24) is 0 Å². The molecule has 0 rings (SSSR count). The molecule has 0 heterocycles. The molecule has 0 aliphatic heterocycles. The van der Waals surface area contributed by atoms with E-state index in [-0.39, 0.29) is 12.1 Å². The monoisotopic (exact) mass is 217 g/mol. The van der Waals surface area contributed by atoms with Crippen LogP contribution in [-0.4, -0.2) is 31.3 Å². The predicted octanol–water partition coefficient (Wildman–Crippen LogP) is 1.47. The Labute approximate surface area is 92.1 Å². The molecule has 4 nitrogen and oxygen atoms in total. The molecule has 0 spiro atoms. The van der Waals surface area contributed by atoms with Crippen LogP contribution < -0.4 is 5.73 Å². The molecule has 0 fully saturated rings. The number of ether oxygens (including phenoxy) is 2. The zero-order chi connectivity index (χ0) is 11.9. The average Bonchev–Trinajstić information content (AvgIpc) is 2.15. The summed E-state index contributed by atoms with van der Waals surface area (Å²) in [4.78, 5) is 11.2. The van der Waals surface area contributed by atoms with Gasteiger partial charge in [-0.15, -0.1) is 0 Å². The van der Waals surface area contributed by atoms with Crippen molar-refractivity contribution in [3.63, 3.8) is 0 Å². The Kier molecular flexibility index (Phi) is 6.52. The van der Waals surface area contributed by atoms with Gasteiger partial charge < -0.3 is 15.2 Å². The van der Waals surface area contributed by atoms with Crippen molar-refractivity contribution in [2.45, 2.75) is 51.7 Å². The molecule has 0 amide bonds. The van der Waals surface area contributed by atoms with Gasteiger partial charge in [0, 0.05) is 6.61 Å². The van der Waals surface area contributed by atoms with Gasteiger partial charge in [0.25, 0.3) is 0 Å². The Morgan fingerprint density at radius 3 is 2.47 bits per heavy atom. The van der Waals surface area contributed by atoms with E-state index in [1.807, 2.05) is 13.8 Å². The van der Waals surface area contributed by atoms with Crippen molar-refractivity contribution in [3.05, 3.63) is 0 Å². The summed E-state index contributed by atoms with van der Waals surface area (Å²) < 4.78 is 10.0. The number of hydrogen-bond acceptors (Lipinski definition) is 4. The maximum absolute atomic E-state index is 11.2. The first kappa shape index (κ1) is 14.4. The molecule has 0 aromatic rings. The Bertz CT molecular complexity index is 190. The van der Waals surface area contributed by atoms with Gasteiger partial charge in [0.1, 0.15) is 5.54 Å². The highest BCUT2D eigenvalue weighted by molar-refractivity contribution is 5.79. The Morgan fingerprint density at radius 1 is 1.40 bits per heavy atom.